The molecule has 0 N–H and O–H groups in total. The molecule has 0 radical (unpaired) electrons. The van der Waals surface area contributed by atoms with Gasteiger partial charge in [-0.1, -0.05) is 65.3 Å². The van der Waals surface area contributed by atoms with Crippen molar-refractivity contribution in [3.63, 3.8) is 0 Å². The number of thioether (sulfide) groups is 1. The Bertz CT molecular complexity index is 882. The zero-order chi connectivity index (χ0) is 17.3. The highest BCUT2D eigenvalue weighted by Crippen LogP contribution is 2.36. The Labute approximate surface area is 153 Å². The second-order valence-corrected chi connectivity index (χ2v) is 7.24. The second kappa shape index (κ2) is 7.01. The third-order valence-electron chi connectivity index (χ3n) is 3.39. The van der Waals surface area contributed by atoms with E-state index in [1.54, 1.807) is 35.7 Å². The Hall–Kier alpha value is -1.76. The van der Waals surface area contributed by atoms with E-state index < -0.39 is 5.25 Å². The molecule has 2 aromatic heterocycles. The lowest BCUT2D eigenvalue weighted by Gasteiger charge is -2.19. The lowest BCUT2D eigenvalue weighted by molar-refractivity contribution is -0.128. The van der Waals surface area contributed by atoms with E-state index in [9.17, 15) is 4.79 Å². The van der Waals surface area contributed by atoms with Crippen molar-refractivity contribution in [2.45, 2.75) is 10.4 Å². The number of rotatable bonds is 4. The van der Waals surface area contributed by atoms with Crippen LogP contribution in [0.2, 0.25) is 10.0 Å². The van der Waals surface area contributed by atoms with Crippen molar-refractivity contribution in [3.8, 4) is 0 Å². The van der Waals surface area contributed by atoms with E-state index in [-0.39, 0.29) is 5.91 Å². The molecule has 0 unspecified atom stereocenters. The first-order valence-corrected chi connectivity index (χ1v) is 8.73. The summed E-state index contributed by atoms with van der Waals surface area (Å²) in [5.74, 6) is -0.0314. The number of aromatic nitrogens is 3. The average molecular weight is 381 g/mol. The van der Waals surface area contributed by atoms with Gasteiger partial charge < -0.3 is 4.90 Å². The van der Waals surface area contributed by atoms with Gasteiger partial charge in [0.1, 0.15) is 5.25 Å². The Morgan fingerprint density at radius 1 is 1.21 bits per heavy atom. The van der Waals surface area contributed by atoms with Crippen LogP contribution >= 0.6 is 35.0 Å². The number of nitrogens with zero attached hydrogens (tertiary/aromatic N) is 4. The molecule has 0 saturated heterocycles. The number of halogens is 2. The van der Waals surface area contributed by atoms with E-state index in [1.165, 1.54) is 11.8 Å². The van der Waals surface area contributed by atoms with Gasteiger partial charge in [0.15, 0.2) is 10.8 Å². The molecule has 3 aromatic rings. The van der Waals surface area contributed by atoms with E-state index in [1.807, 2.05) is 30.3 Å². The minimum Gasteiger partial charge on any atom is -0.348 e. The molecule has 0 aliphatic heterocycles. The molecule has 1 amide bonds. The largest absolute Gasteiger partial charge is 0.348 e. The number of fused-ring (bicyclic) bond motifs is 1. The molecule has 1 aromatic carbocycles. The molecular formula is C16H14Cl2N4OS. The molecule has 0 aliphatic carbocycles. The van der Waals surface area contributed by atoms with Crippen molar-refractivity contribution in [2.75, 3.05) is 14.1 Å². The van der Waals surface area contributed by atoms with Crippen LogP contribution in [-0.2, 0) is 4.79 Å². The van der Waals surface area contributed by atoms with Gasteiger partial charge in [-0.25, -0.2) is 0 Å². The smallest absolute Gasteiger partial charge is 0.240 e. The Morgan fingerprint density at radius 2 is 1.92 bits per heavy atom. The number of carbonyl (C=O) groups excluding carboxylic acids is 1. The number of hydrogen-bond donors (Lipinski definition) is 0. The van der Waals surface area contributed by atoms with Crippen LogP contribution in [0.25, 0.3) is 5.65 Å². The van der Waals surface area contributed by atoms with Crippen molar-refractivity contribution in [2.24, 2.45) is 0 Å². The molecule has 0 spiro atoms. The highest BCUT2D eigenvalue weighted by molar-refractivity contribution is 8.00. The summed E-state index contributed by atoms with van der Waals surface area (Å²) in [6.07, 6.45) is 1.69. The van der Waals surface area contributed by atoms with Gasteiger partial charge in [0.2, 0.25) is 5.91 Å². The number of benzene rings is 1. The number of likely N-dealkylation sites (N-methyl/N-ethyl adjacent to an activating group) is 1. The lowest BCUT2D eigenvalue weighted by atomic mass is 10.1. The molecular weight excluding hydrogens is 367 g/mol. The predicted molar refractivity (Wildman–Crippen MR) is 96.7 cm³/mol. The van der Waals surface area contributed by atoms with Gasteiger partial charge in [-0.2, -0.15) is 0 Å². The summed E-state index contributed by atoms with van der Waals surface area (Å²) in [5.41, 5.74) is 1.40. The number of pyridine rings is 1. The molecule has 124 valence electrons. The number of amides is 1. The van der Waals surface area contributed by atoms with E-state index in [4.69, 9.17) is 23.2 Å². The van der Waals surface area contributed by atoms with Gasteiger partial charge in [0.25, 0.3) is 0 Å². The summed E-state index contributed by atoms with van der Waals surface area (Å²) in [5, 5.41) is 9.26. The predicted octanol–water partition coefficient (Wildman–Crippen LogP) is 3.96. The fourth-order valence-electron chi connectivity index (χ4n) is 2.21. The van der Waals surface area contributed by atoms with E-state index in [0.717, 1.165) is 5.56 Å². The van der Waals surface area contributed by atoms with Crippen molar-refractivity contribution >= 4 is 46.5 Å². The van der Waals surface area contributed by atoms with Crippen LogP contribution in [0.3, 0.4) is 0 Å². The minimum absolute atomic E-state index is 0.0314. The maximum atomic E-state index is 12.6. The van der Waals surface area contributed by atoms with Gasteiger partial charge in [0, 0.05) is 20.3 Å². The topological polar surface area (TPSA) is 50.5 Å². The standard InChI is InChI=1S/C16H14Cl2N4OS/c1-21(2)15(23)13(10-6-4-3-5-7-10)24-16-20-19-14-12(18)8-11(17)9-22(14)16/h3-9,13H,1-2H3/t13-/m0/s1. The van der Waals surface area contributed by atoms with Crippen molar-refractivity contribution < 1.29 is 4.79 Å². The van der Waals surface area contributed by atoms with Crippen molar-refractivity contribution in [1.82, 2.24) is 19.5 Å². The molecule has 5 nitrogen and oxygen atoms in total. The summed E-state index contributed by atoms with van der Waals surface area (Å²) >= 11 is 13.5. The van der Waals surface area contributed by atoms with E-state index in [2.05, 4.69) is 10.2 Å². The highest BCUT2D eigenvalue weighted by Gasteiger charge is 2.26. The molecule has 0 fully saturated rings. The molecule has 24 heavy (non-hydrogen) atoms. The van der Waals surface area contributed by atoms with Crippen LogP contribution in [0.5, 0.6) is 0 Å². The molecule has 0 saturated carbocycles. The maximum Gasteiger partial charge on any atom is 0.240 e. The zero-order valence-electron chi connectivity index (χ0n) is 13.0. The van der Waals surface area contributed by atoms with E-state index >= 15 is 0 Å². The molecule has 2 heterocycles. The number of carbonyl (C=O) groups is 1. The Morgan fingerprint density at radius 3 is 2.58 bits per heavy atom. The Balaban J connectivity index is 2.04. The van der Waals surface area contributed by atoms with Gasteiger partial charge in [-0.05, 0) is 11.6 Å². The quantitative estimate of drug-likeness (QED) is 0.642. The van der Waals surface area contributed by atoms with Crippen LogP contribution in [-0.4, -0.2) is 39.5 Å². The number of hydrogen-bond acceptors (Lipinski definition) is 4. The molecule has 0 aliphatic rings. The third-order valence-corrected chi connectivity index (χ3v) is 5.07. The average Bonchev–Trinajstić information content (AvgIpc) is 2.95. The summed E-state index contributed by atoms with van der Waals surface area (Å²) in [7, 11) is 3.46. The first-order valence-electron chi connectivity index (χ1n) is 7.10. The summed E-state index contributed by atoms with van der Waals surface area (Å²) < 4.78 is 1.70. The van der Waals surface area contributed by atoms with Gasteiger partial charge >= 0.3 is 0 Å². The maximum absolute atomic E-state index is 12.6. The lowest BCUT2D eigenvalue weighted by Crippen LogP contribution is -2.26. The Kier molecular flexibility index (Phi) is 4.99. The zero-order valence-corrected chi connectivity index (χ0v) is 15.3. The van der Waals surface area contributed by atoms with E-state index in [0.29, 0.717) is 20.8 Å². The molecule has 3 rings (SSSR count). The summed E-state index contributed by atoms with van der Waals surface area (Å²) in [6.45, 7) is 0. The van der Waals surface area contributed by atoms with Gasteiger partial charge in [-0.15, -0.1) is 10.2 Å². The van der Waals surface area contributed by atoms with Crippen molar-refractivity contribution in [1.29, 1.82) is 0 Å². The highest BCUT2D eigenvalue weighted by atomic mass is 35.5. The summed E-state index contributed by atoms with van der Waals surface area (Å²) in [6, 6.07) is 11.2. The third kappa shape index (κ3) is 3.36. The van der Waals surface area contributed by atoms with Crippen LogP contribution in [0.15, 0.2) is 47.8 Å². The molecule has 1 atom stereocenters. The minimum atomic E-state index is -0.439. The molecule has 8 heteroatoms. The summed E-state index contributed by atoms with van der Waals surface area (Å²) in [4.78, 5) is 14.2. The monoisotopic (exact) mass is 380 g/mol. The van der Waals surface area contributed by atoms with Crippen LogP contribution < -0.4 is 0 Å². The first kappa shape index (κ1) is 17.1. The van der Waals surface area contributed by atoms with Crippen LogP contribution in [0.1, 0.15) is 10.8 Å². The fourth-order valence-corrected chi connectivity index (χ4v) is 3.88. The van der Waals surface area contributed by atoms with Gasteiger partial charge in [-0.3, -0.25) is 9.20 Å². The molecule has 0 bridgehead atoms. The second-order valence-electron chi connectivity index (χ2n) is 5.32. The van der Waals surface area contributed by atoms with Crippen LogP contribution in [0, 0.1) is 0 Å². The SMILES string of the molecule is CN(C)C(=O)[C@@H](Sc1nnc2c(Cl)cc(Cl)cn12)c1ccccc1. The van der Waals surface area contributed by atoms with Gasteiger partial charge in [0.05, 0.1) is 10.0 Å². The first-order chi connectivity index (χ1) is 11.5. The van der Waals surface area contributed by atoms with Crippen LogP contribution in [0.4, 0.5) is 0 Å². The van der Waals surface area contributed by atoms with Crippen molar-refractivity contribution in [3.05, 3.63) is 58.2 Å². The normalized spacial score (nSPS) is 12.3. The fraction of sp³-hybridized carbons (Fsp3) is 0.188.